The van der Waals surface area contributed by atoms with Crippen LogP contribution in [-0.2, 0) is 0 Å². The number of hydrogen-bond donors (Lipinski definition) is 2. The molecule has 1 aromatic rings. The van der Waals surface area contributed by atoms with Gasteiger partial charge < -0.3 is 10.8 Å². The quantitative estimate of drug-likeness (QED) is 0.739. The van der Waals surface area contributed by atoms with Gasteiger partial charge >= 0.3 is 0 Å². The van der Waals surface area contributed by atoms with Gasteiger partial charge in [0.2, 0.25) is 0 Å². The van der Waals surface area contributed by atoms with Crippen LogP contribution in [0, 0.1) is 5.92 Å². The Hall–Kier alpha value is -0.730. The number of aliphatic hydroxyl groups excluding tert-OH is 1. The highest BCUT2D eigenvalue weighted by molar-refractivity contribution is 6.33. The third kappa shape index (κ3) is 1.60. The molecule has 14 heavy (non-hydrogen) atoms. The van der Waals surface area contributed by atoms with E-state index in [-0.39, 0.29) is 0 Å². The smallest absolute Gasteiger partial charge is 0.0838 e. The molecular formula is C11H14ClNO. The minimum absolute atomic E-state index is 0.371. The van der Waals surface area contributed by atoms with Crippen LogP contribution < -0.4 is 5.73 Å². The molecule has 0 aliphatic heterocycles. The standard InChI is InChI=1S/C11H14ClNO/c12-9-6-2-5-8(10(9)13)11(14)7-3-1-4-7/h2,5-7,11,14H,1,3-4,13H2. The minimum atomic E-state index is -0.442. The number of rotatable bonds is 2. The van der Waals surface area contributed by atoms with Crippen molar-refractivity contribution >= 4 is 17.3 Å². The van der Waals surface area contributed by atoms with Gasteiger partial charge in [-0.1, -0.05) is 30.2 Å². The van der Waals surface area contributed by atoms with E-state index in [2.05, 4.69) is 0 Å². The Bertz CT molecular complexity index is 336. The van der Waals surface area contributed by atoms with Crippen molar-refractivity contribution in [3.05, 3.63) is 28.8 Å². The average Bonchev–Trinajstić information content (AvgIpc) is 2.06. The molecule has 1 aromatic carbocycles. The molecule has 1 saturated carbocycles. The van der Waals surface area contributed by atoms with Crippen LogP contribution in [0.5, 0.6) is 0 Å². The fraction of sp³-hybridized carbons (Fsp3) is 0.455. The summed E-state index contributed by atoms with van der Waals surface area (Å²) in [6.45, 7) is 0. The zero-order valence-corrected chi connectivity index (χ0v) is 8.67. The first kappa shape index (κ1) is 9.81. The SMILES string of the molecule is Nc1c(Cl)cccc1C(O)C1CCC1. The molecule has 1 atom stereocenters. The van der Waals surface area contributed by atoms with E-state index in [1.54, 1.807) is 6.07 Å². The van der Waals surface area contributed by atoms with E-state index in [1.807, 2.05) is 12.1 Å². The van der Waals surface area contributed by atoms with Crippen LogP contribution in [0.3, 0.4) is 0 Å². The number of anilines is 1. The predicted molar refractivity (Wildman–Crippen MR) is 58.2 cm³/mol. The van der Waals surface area contributed by atoms with Crippen LogP contribution in [0.25, 0.3) is 0 Å². The fourth-order valence-corrected chi connectivity index (χ4v) is 2.00. The lowest BCUT2D eigenvalue weighted by Crippen LogP contribution is -2.20. The highest BCUT2D eigenvalue weighted by Gasteiger charge is 2.28. The van der Waals surface area contributed by atoms with Crippen LogP contribution in [0.15, 0.2) is 18.2 Å². The first-order chi connectivity index (χ1) is 6.70. The molecule has 0 heterocycles. The van der Waals surface area contributed by atoms with Gasteiger partial charge in [-0.25, -0.2) is 0 Å². The zero-order chi connectivity index (χ0) is 10.1. The van der Waals surface area contributed by atoms with Crippen molar-refractivity contribution in [1.29, 1.82) is 0 Å². The molecule has 0 saturated heterocycles. The second-order valence-electron chi connectivity index (χ2n) is 3.88. The van der Waals surface area contributed by atoms with Gasteiger partial charge in [-0.3, -0.25) is 0 Å². The second-order valence-corrected chi connectivity index (χ2v) is 4.29. The Morgan fingerprint density at radius 3 is 2.71 bits per heavy atom. The summed E-state index contributed by atoms with van der Waals surface area (Å²) in [6.07, 6.45) is 2.95. The number of nitrogen functional groups attached to an aromatic ring is 1. The first-order valence-electron chi connectivity index (χ1n) is 4.92. The minimum Gasteiger partial charge on any atom is -0.397 e. The Morgan fingerprint density at radius 2 is 2.14 bits per heavy atom. The van der Waals surface area contributed by atoms with Gasteiger partial charge in [-0.15, -0.1) is 0 Å². The molecule has 0 radical (unpaired) electrons. The molecule has 0 amide bonds. The second kappa shape index (κ2) is 3.79. The largest absolute Gasteiger partial charge is 0.397 e. The lowest BCUT2D eigenvalue weighted by molar-refractivity contribution is 0.0627. The molecule has 2 nitrogen and oxygen atoms in total. The van der Waals surface area contributed by atoms with Crippen LogP contribution in [0.1, 0.15) is 30.9 Å². The van der Waals surface area contributed by atoms with E-state index in [4.69, 9.17) is 17.3 Å². The van der Waals surface area contributed by atoms with E-state index in [0.29, 0.717) is 16.6 Å². The van der Waals surface area contributed by atoms with Gasteiger partial charge in [0, 0.05) is 5.56 Å². The summed E-state index contributed by atoms with van der Waals surface area (Å²) in [7, 11) is 0. The van der Waals surface area contributed by atoms with E-state index < -0.39 is 6.10 Å². The lowest BCUT2D eigenvalue weighted by Gasteiger charge is -2.31. The molecule has 76 valence electrons. The summed E-state index contributed by atoms with van der Waals surface area (Å²) in [4.78, 5) is 0. The number of hydrogen-bond acceptors (Lipinski definition) is 2. The number of para-hydroxylation sites is 1. The third-order valence-electron chi connectivity index (χ3n) is 3.00. The monoisotopic (exact) mass is 211 g/mol. The maximum absolute atomic E-state index is 10.0. The molecule has 1 fully saturated rings. The zero-order valence-electron chi connectivity index (χ0n) is 7.91. The van der Waals surface area contributed by atoms with Gasteiger partial charge in [0.1, 0.15) is 0 Å². The number of aliphatic hydroxyl groups is 1. The molecule has 0 aromatic heterocycles. The highest BCUT2D eigenvalue weighted by atomic mass is 35.5. The van der Waals surface area contributed by atoms with Gasteiger partial charge in [0.25, 0.3) is 0 Å². The molecule has 1 aliphatic rings. The van der Waals surface area contributed by atoms with Crippen LogP contribution >= 0.6 is 11.6 Å². The van der Waals surface area contributed by atoms with E-state index >= 15 is 0 Å². The van der Waals surface area contributed by atoms with Crippen molar-refractivity contribution in [3.63, 3.8) is 0 Å². The van der Waals surface area contributed by atoms with Crippen molar-refractivity contribution in [2.45, 2.75) is 25.4 Å². The Morgan fingerprint density at radius 1 is 1.43 bits per heavy atom. The molecular weight excluding hydrogens is 198 g/mol. The van der Waals surface area contributed by atoms with Gasteiger partial charge in [0.15, 0.2) is 0 Å². The van der Waals surface area contributed by atoms with Crippen LogP contribution in [0.4, 0.5) is 5.69 Å². The molecule has 1 aliphatic carbocycles. The fourth-order valence-electron chi connectivity index (χ4n) is 1.82. The normalized spacial score (nSPS) is 19.0. The molecule has 0 bridgehead atoms. The Labute approximate surface area is 88.7 Å². The van der Waals surface area contributed by atoms with Crippen molar-refractivity contribution in [2.24, 2.45) is 5.92 Å². The van der Waals surface area contributed by atoms with Crippen LogP contribution in [0.2, 0.25) is 5.02 Å². The van der Waals surface area contributed by atoms with Crippen molar-refractivity contribution in [3.8, 4) is 0 Å². The van der Waals surface area contributed by atoms with Gasteiger partial charge in [0.05, 0.1) is 16.8 Å². The molecule has 3 N–H and O–H groups in total. The topological polar surface area (TPSA) is 46.2 Å². The summed E-state index contributed by atoms with van der Waals surface area (Å²) in [5, 5.41) is 10.5. The summed E-state index contributed by atoms with van der Waals surface area (Å²) in [6, 6.07) is 5.42. The predicted octanol–water partition coefficient (Wildman–Crippen LogP) is 2.76. The lowest BCUT2D eigenvalue weighted by atomic mass is 9.78. The summed E-state index contributed by atoms with van der Waals surface area (Å²) < 4.78 is 0. The number of benzene rings is 1. The maximum atomic E-state index is 10.0. The van der Waals surface area contributed by atoms with E-state index in [0.717, 1.165) is 18.4 Å². The van der Waals surface area contributed by atoms with Crippen molar-refractivity contribution in [1.82, 2.24) is 0 Å². The summed E-state index contributed by atoms with van der Waals surface area (Å²) in [5.74, 6) is 0.371. The molecule has 1 unspecified atom stereocenters. The molecule has 3 heteroatoms. The van der Waals surface area contributed by atoms with Gasteiger partial charge in [-0.2, -0.15) is 0 Å². The van der Waals surface area contributed by atoms with Crippen LogP contribution in [-0.4, -0.2) is 5.11 Å². The first-order valence-corrected chi connectivity index (χ1v) is 5.30. The maximum Gasteiger partial charge on any atom is 0.0838 e. The Kier molecular flexibility index (Phi) is 2.66. The Balaban J connectivity index is 2.26. The summed E-state index contributed by atoms with van der Waals surface area (Å²) in [5.41, 5.74) is 7.11. The van der Waals surface area contributed by atoms with Crippen molar-refractivity contribution in [2.75, 3.05) is 5.73 Å². The average molecular weight is 212 g/mol. The molecule has 2 rings (SSSR count). The van der Waals surface area contributed by atoms with E-state index in [1.165, 1.54) is 6.42 Å². The summed E-state index contributed by atoms with van der Waals surface area (Å²) >= 11 is 5.89. The van der Waals surface area contributed by atoms with E-state index in [9.17, 15) is 5.11 Å². The van der Waals surface area contributed by atoms with Gasteiger partial charge in [-0.05, 0) is 24.8 Å². The molecule has 0 spiro atoms. The number of halogens is 1. The third-order valence-corrected chi connectivity index (χ3v) is 3.33. The van der Waals surface area contributed by atoms with Crippen molar-refractivity contribution < 1.29 is 5.11 Å². The number of nitrogens with two attached hydrogens (primary N) is 1. The highest BCUT2D eigenvalue weighted by Crippen LogP contribution is 2.40.